The summed E-state index contributed by atoms with van der Waals surface area (Å²) in [5.41, 5.74) is 12.9. The molecule has 1 atom stereocenters. The van der Waals surface area contributed by atoms with Crippen LogP contribution >= 0.6 is 0 Å². The second-order valence-electron chi connectivity index (χ2n) is 12.6. The van der Waals surface area contributed by atoms with Crippen LogP contribution in [0.25, 0.3) is 22.3 Å². The van der Waals surface area contributed by atoms with Crippen LogP contribution in [0.1, 0.15) is 45.9 Å². The minimum Gasteiger partial charge on any atom is -0.457 e. The maximum atomic E-state index is 6.72. The van der Waals surface area contributed by atoms with E-state index in [9.17, 15) is 0 Å². The summed E-state index contributed by atoms with van der Waals surface area (Å²) in [7, 11) is 0. The molecule has 2 aliphatic rings. The molecule has 7 aromatic rings. The van der Waals surface area contributed by atoms with Gasteiger partial charge in [-0.3, -0.25) is 0 Å². The van der Waals surface area contributed by atoms with Crippen molar-refractivity contribution in [3.05, 3.63) is 215 Å². The van der Waals surface area contributed by atoms with Gasteiger partial charge in [0.25, 0.3) is 0 Å². The minimum absolute atomic E-state index is 0.307. The molecule has 9 rings (SSSR count). The highest BCUT2D eigenvalue weighted by atomic mass is 16.5. The molecule has 0 spiro atoms. The molecule has 0 saturated carbocycles. The third-order valence-electron chi connectivity index (χ3n) is 10.3. The van der Waals surface area contributed by atoms with E-state index in [-0.39, 0.29) is 5.41 Å². The van der Waals surface area contributed by atoms with Crippen molar-refractivity contribution < 1.29 is 4.74 Å². The predicted molar refractivity (Wildman–Crippen MR) is 188 cm³/mol. The van der Waals surface area contributed by atoms with Crippen molar-refractivity contribution in [1.29, 1.82) is 0 Å². The van der Waals surface area contributed by atoms with E-state index in [1.165, 1.54) is 50.1 Å². The summed E-state index contributed by atoms with van der Waals surface area (Å²) in [5, 5.41) is 0. The fourth-order valence-electron chi connectivity index (χ4n) is 8.29. The summed E-state index contributed by atoms with van der Waals surface area (Å²) < 4.78 is 6.72. The highest BCUT2D eigenvalue weighted by Crippen LogP contribution is 2.58. The largest absolute Gasteiger partial charge is 0.457 e. The zero-order chi connectivity index (χ0) is 30.7. The van der Waals surface area contributed by atoms with E-state index in [0.29, 0.717) is 0 Å². The molecule has 1 aliphatic carbocycles. The monoisotopic (exact) mass is 588 g/mol. The molecule has 1 heterocycles. The molecular weight excluding hydrogens is 556 g/mol. The van der Waals surface area contributed by atoms with Gasteiger partial charge in [0.1, 0.15) is 11.5 Å². The van der Waals surface area contributed by atoms with Crippen LogP contribution in [0.2, 0.25) is 0 Å². The van der Waals surface area contributed by atoms with Crippen LogP contribution in [-0.2, 0) is 10.8 Å². The van der Waals surface area contributed by atoms with Crippen molar-refractivity contribution in [2.24, 2.45) is 0 Å². The summed E-state index contributed by atoms with van der Waals surface area (Å²) in [6.45, 7) is 2.40. The van der Waals surface area contributed by atoms with E-state index in [2.05, 4.69) is 183 Å². The average molecular weight is 589 g/mol. The third-order valence-corrected chi connectivity index (χ3v) is 10.3. The Morgan fingerprint density at radius 3 is 1.61 bits per heavy atom. The molecule has 46 heavy (non-hydrogen) atoms. The van der Waals surface area contributed by atoms with Gasteiger partial charge < -0.3 is 4.74 Å². The van der Waals surface area contributed by atoms with Crippen LogP contribution in [-0.4, -0.2) is 0 Å². The Balaban J connectivity index is 1.35. The first-order valence-corrected chi connectivity index (χ1v) is 16.0. The highest BCUT2D eigenvalue weighted by molar-refractivity contribution is 5.90. The van der Waals surface area contributed by atoms with E-state index >= 15 is 0 Å². The molecule has 1 unspecified atom stereocenters. The quantitative estimate of drug-likeness (QED) is 0.199. The fourth-order valence-corrected chi connectivity index (χ4v) is 8.29. The van der Waals surface area contributed by atoms with Gasteiger partial charge in [-0.25, -0.2) is 0 Å². The molecule has 0 fully saturated rings. The Morgan fingerprint density at radius 1 is 0.391 bits per heavy atom. The van der Waals surface area contributed by atoms with E-state index in [1.807, 2.05) is 0 Å². The molecule has 1 nitrogen and oxygen atoms in total. The highest BCUT2D eigenvalue weighted by Gasteiger charge is 2.46. The van der Waals surface area contributed by atoms with Gasteiger partial charge in [0.05, 0.1) is 5.41 Å². The van der Waals surface area contributed by atoms with Gasteiger partial charge >= 0.3 is 0 Å². The molecule has 0 saturated heterocycles. The van der Waals surface area contributed by atoms with Crippen molar-refractivity contribution in [2.45, 2.75) is 17.8 Å². The summed E-state index contributed by atoms with van der Waals surface area (Å²) in [6.07, 6.45) is 0. The fraction of sp³-hybridized carbons (Fsp3) is 0.0667. The molecule has 0 amide bonds. The van der Waals surface area contributed by atoms with Gasteiger partial charge in [-0.05, 0) is 75.2 Å². The van der Waals surface area contributed by atoms with Gasteiger partial charge in [-0.1, -0.05) is 158 Å². The number of benzene rings is 7. The second-order valence-corrected chi connectivity index (χ2v) is 12.6. The molecule has 218 valence electrons. The molecule has 7 aromatic carbocycles. The number of para-hydroxylation sites is 1. The van der Waals surface area contributed by atoms with Gasteiger partial charge in [-0.2, -0.15) is 0 Å². The zero-order valence-corrected chi connectivity index (χ0v) is 25.7. The molecule has 0 bridgehead atoms. The first kappa shape index (κ1) is 26.7. The number of rotatable bonds is 4. The lowest BCUT2D eigenvalue weighted by Crippen LogP contribution is -2.34. The van der Waals surface area contributed by atoms with Gasteiger partial charge in [0, 0.05) is 16.5 Å². The maximum Gasteiger partial charge on any atom is 0.132 e. The van der Waals surface area contributed by atoms with Crippen molar-refractivity contribution in [3.8, 4) is 33.8 Å². The van der Waals surface area contributed by atoms with Crippen LogP contribution in [0, 0.1) is 0 Å². The number of fused-ring (bicyclic) bond motifs is 5. The smallest absolute Gasteiger partial charge is 0.132 e. The Morgan fingerprint density at radius 2 is 0.913 bits per heavy atom. The topological polar surface area (TPSA) is 9.23 Å². The van der Waals surface area contributed by atoms with Crippen molar-refractivity contribution in [2.75, 3.05) is 0 Å². The minimum atomic E-state index is -0.563. The first-order valence-electron chi connectivity index (χ1n) is 16.0. The second kappa shape index (κ2) is 10.2. The SMILES string of the molecule is CC1(c2ccccc2)c2ccccc2-c2cccc(-c3ccc4c(c3)C(c3ccccc3)(c3ccccc3)c3ccccc3O4)c21. The number of hydrogen-bond donors (Lipinski definition) is 0. The molecule has 1 heteroatoms. The van der Waals surface area contributed by atoms with Crippen LogP contribution < -0.4 is 4.74 Å². The van der Waals surface area contributed by atoms with Crippen molar-refractivity contribution >= 4 is 0 Å². The van der Waals surface area contributed by atoms with E-state index in [1.54, 1.807) is 0 Å². The Hall–Kier alpha value is -5.66. The molecule has 0 N–H and O–H groups in total. The Bertz CT molecular complexity index is 2190. The number of hydrogen-bond acceptors (Lipinski definition) is 1. The van der Waals surface area contributed by atoms with E-state index in [4.69, 9.17) is 4.74 Å². The summed E-state index contributed by atoms with van der Waals surface area (Å²) in [5.74, 6) is 1.78. The average Bonchev–Trinajstić information content (AvgIpc) is 3.40. The Kier molecular flexibility index (Phi) is 5.92. The van der Waals surface area contributed by atoms with Gasteiger partial charge in [0.2, 0.25) is 0 Å². The molecule has 1 aliphatic heterocycles. The summed E-state index contributed by atoms with van der Waals surface area (Å²) >= 11 is 0. The lowest BCUT2D eigenvalue weighted by molar-refractivity contribution is 0.434. The lowest BCUT2D eigenvalue weighted by atomic mass is 9.63. The first-order chi connectivity index (χ1) is 22.7. The molecular formula is C45H32O. The van der Waals surface area contributed by atoms with Crippen LogP contribution in [0.5, 0.6) is 11.5 Å². The summed E-state index contributed by atoms with van der Waals surface area (Å²) in [4.78, 5) is 0. The zero-order valence-electron chi connectivity index (χ0n) is 25.7. The Labute approximate surface area is 270 Å². The van der Waals surface area contributed by atoms with Gasteiger partial charge in [-0.15, -0.1) is 0 Å². The number of ether oxygens (including phenoxy) is 1. The van der Waals surface area contributed by atoms with Gasteiger partial charge in [0.15, 0.2) is 0 Å². The van der Waals surface area contributed by atoms with Crippen molar-refractivity contribution in [1.82, 2.24) is 0 Å². The van der Waals surface area contributed by atoms with Crippen LogP contribution in [0.4, 0.5) is 0 Å². The van der Waals surface area contributed by atoms with Crippen LogP contribution in [0.15, 0.2) is 176 Å². The van der Waals surface area contributed by atoms with E-state index in [0.717, 1.165) is 22.6 Å². The maximum absolute atomic E-state index is 6.72. The molecule has 0 aromatic heterocycles. The third kappa shape index (κ3) is 3.63. The van der Waals surface area contributed by atoms with Crippen molar-refractivity contribution in [3.63, 3.8) is 0 Å². The molecule has 0 radical (unpaired) electrons. The summed E-state index contributed by atoms with van der Waals surface area (Å²) in [6, 6.07) is 63.9. The van der Waals surface area contributed by atoms with E-state index < -0.39 is 5.41 Å². The predicted octanol–water partition coefficient (Wildman–Crippen LogP) is 11.2. The normalized spacial score (nSPS) is 16.8. The standard InChI is InChI=1S/C45H32O/c1-44(32-16-5-2-6-17-32)38-25-12-11-22-36(38)37-24-15-23-35(43(37)44)31-28-29-42-40(30-31)45(33-18-7-3-8-19-33,34-20-9-4-10-21-34)39-26-13-14-27-41(39)46-42/h2-30H,1H3. The van der Waals surface area contributed by atoms with Crippen LogP contribution in [0.3, 0.4) is 0 Å². The lowest BCUT2D eigenvalue weighted by Gasteiger charge is -2.41.